The van der Waals surface area contributed by atoms with Gasteiger partial charge in [-0.3, -0.25) is 4.99 Å². The summed E-state index contributed by atoms with van der Waals surface area (Å²) in [6, 6.07) is 5.64. The Labute approximate surface area is 131 Å². The van der Waals surface area contributed by atoms with Crippen LogP contribution in [-0.4, -0.2) is 39.9 Å². The molecule has 0 saturated heterocycles. The average molecular weight is 314 g/mol. The molecule has 0 fully saturated rings. The van der Waals surface area contributed by atoms with E-state index in [4.69, 9.17) is 21.1 Å². The second-order valence-electron chi connectivity index (χ2n) is 4.38. The molecule has 0 aliphatic rings. The summed E-state index contributed by atoms with van der Waals surface area (Å²) in [6.45, 7) is 4.73. The highest BCUT2D eigenvalue weighted by atomic mass is 35.5. The van der Waals surface area contributed by atoms with Crippen molar-refractivity contribution in [2.24, 2.45) is 4.99 Å². The fraction of sp³-hybridized carbons (Fsp3) is 0.533. The van der Waals surface area contributed by atoms with E-state index in [1.54, 1.807) is 14.2 Å². The van der Waals surface area contributed by atoms with E-state index in [1.807, 2.05) is 25.1 Å². The van der Waals surface area contributed by atoms with Gasteiger partial charge in [0, 0.05) is 44.4 Å². The molecule has 5 nitrogen and oxygen atoms in total. The standard InChI is InChI=1S/C15H24ClN3O2/c1-4-21-14-10-13(16)7-6-12(14)11-19-15(17-2)18-8-5-9-20-3/h6-7,10H,4-5,8-9,11H2,1-3H3,(H2,17,18,19). The molecule has 0 heterocycles. The van der Waals surface area contributed by atoms with Crippen LogP contribution in [0.15, 0.2) is 23.2 Å². The Morgan fingerprint density at radius 1 is 1.33 bits per heavy atom. The molecule has 1 aromatic carbocycles. The molecule has 0 unspecified atom stereocenters. The largest absolute Gasteiger partial charge is 0.493 e. The smallest absolute Gasteiger partial charge is 0.191 e. The van der Waals surface area contributed by atoms with E-state index < -0.39 is 0 Å². The number of nitrogens with one attached hydrogen (secondary N) is 2. The summed E-state index contributed by atoms with van der Waals surface area (Å²) in [5.74, 6) is 1.55. The van der Waals surface area contributed by atoms with Gasteiger partial charge in [-0.15, -0.1) is 0 Å². The van der Waals surface area contributed by atoms with E-state index in [2.05, 4.69) is 15.6 Å². The maximum atomic E-state index is 5.99. The number of guanidine groups is 1. The molecule has 0 bridgehead atoms. The van der Waals surface area contributed by atoms with Gasteiger partial charge in [-0.2, -0.15) is 0 Å². The maximum Gasteiger partial charge on any atom is 0.191 e. The van der Waals surface area contributed by atoms with Crippen LogP contribution in [0.5, 0.6) is 5.75 Å². The molecule has 0 amide bonds. The van der Waals surface area contributed by atoms with Gasteiger partial charge >= 0.3 is 0 Å². The highest BCUT2D eigenvalue weighted by molar-refractivity contribution is 6.30. The maximum absolute atomic E-state index is 5.99. The lowest BCUT2D eigenvalue weighted by atomic mass is 10.2. The average Bonchev–Trinajstić information content (AvgIpc) is 2.48. The molecule has 6 heteroatoms. The first-order valence-corrected chi connectivity index (χ1v) is 7.43. The van der Waals surface area contributed by atoms with Gasteiger partial charge in [0.05, 0.1) is 6.61 Å². The van der Waals surface area contributed by atoms with Crippen molar-refractivity contribution in [1.29, 1.82) is 0 Å². The molecule has 0 aliphatic carbocycles. The number of halogens is 1. The van der Waals surface area contributed by atoms with Gasteiger partial charge in [0.15, 0.2) is 5.96 Å². The Balaban J connectivity index is 2.52. The predicted octanol–water partition coefficient (Wildman–Crippen LogP) is 2.44. The number of hydrogen-bond donors (Lipinski definition) is 2. The summed E-state index contributed by atoms with van der Waals surface area (Å²) < 4.78 is 10.6. The minimum Gasteiger partial charge on any atom is -0.493 e. The monoisotopic (exact) mass is 313 g/mol. The Kier molecular flexibility index (Phi) is 8.62. The Hall–Kier alpha value is -1.46. The molecule has 0 spiro atoms. The number of benzene rings is 1. The van der Waals surface area contributed by atoms with Crippen LogP contribution in [0.25, 0.3) is 0 Å². The molecule has 21 heavy (non-hydrogen) atoms. The fourth-order valence-electron chi connectivity index (χ4n) is 1.79. The van der Waals surface area contributed by atoms with Gasteiger partial charge in [-0.05, 0) is 25.5 Å². The first-order valence-electron chi connectivity index (χ1n) is 7.06. The minimum atomic E-state index is 0.608. The molecule has 1 aromatic rings. The van der Waals surface area contributed by atoms with Gasteiger partial charge in [0.2, 0.25) is 0 Å². The van der Waals surface area contributed by atoms with Crippen LogP contribution in [0.1, 0.15) is 18.9 Å². The number of aliphatic imine (C=N–C) groups is 1. The van der Waals surface area contributed by atoms with E-state index >= 15 is 0 Å². The van der Waals surface area contributed by atoms with E-state index in [1.165, 1.54) is 0 Å². The lowest BCUT2D eigenvalue weighted by molar-refractivity contribution is 0.195. The predicted molar refractivity (Wildman–Crippen MR) is 87.3 cm³/mol. The van der Waals surface area contributed by atoms with Crippen LogP contribution in [-0.2, 0) is 11.3 Å². The molecule has 0 aliphatic heterocycles. The van der Waals surface area contributed by atoms with Crippen molar-refractivity contribution in [3.05, 3.63) is 28.8 Å². The molecule has 0 radical (unpaired) electrons. The van der Waals surface area contributed by atoms with Gasteiger partial charge in [-0.1, -0.05) is 17.7 Å². The van der Waals surface area contributed by atoms with Crippen molar-refractivity contribution in [2.75, 3.05) is 33.9 Å². The number of hydrogen-bond acceptors (Lipinski definition) is 3. The summed E-state index contributed by atoms with van der Waals surface area (Å²) in [5.41, 5.74) is 1.04. The zero-order valence-corrected chi connectivity index (χ0v) is 13.7. The first kappa shape index (κ1) is 17.6. The highest BCUT2D eigenvalue weighted by Gasteiger charge is 2.05. The van der Waals surface area contributed by atoms with Crippen LogP contribution in [0.4, 0.5) is 0 Å². The van der Waals surface area contributed by atoms with Gasteiger partial charge in [0.1, 0.15) is 5.75 Å². The second-order valence-corrected chi connectivity index (χ2v) is 4.82. The quantitative estimate of drug-likeness (QED) is 0.440. The third kappa shape index (κ3) is 6.69. The summed E-state index contributed by atoms with van der Waals surface area (Å²) in [6.07, 6.45) is 0.933. The molecular formula is C15H24ClN3O2. The van der Waals surface area contributed by atoms with Crippen LogP contribution >= 0.6 is 11.6 Å². The van der Waals surface area contributed by atoms with Crippen molar-refractivity contribution in [3.63, 3.8) is 0 Å². The summed E-state index contributed by atoms with van der Waals surface area (Å²) in [7, 11) is 3.44. The number of rotatable bonds is 8. The van der Waals surface area contributed by atoms with Crippen molar-refractivity contribution in [1.82, 2.24) is 10.6 Å². The van der Waals surface area contributed by atoms with Crippen molar-refractivity contribution in [3.8, 4) is 5.75 Å². The zero-order chi connectivity index (χ0) is 15.5. The molecule has 118 valence electrons. The van der Waals surface area contributed by atoms with Crippen LogP contribution in [0.3, 0.4) is 0 Å². The third-order valence-corrected chi connectivity index (χ3v) is 3.05. The topological polar surface area (TPSA) is 54.9 Å². The lowest BCUT2D eigenvalue weighted by Gasteiger charge is -2.14. The van der Waals surface area contributed by atoms with E-state index in [0.717, 1.165) is 36.8 Å². The van der Waals surface area contributed by atoms with Crippen LogP contribution in [0.2, 0.25) is 5.02 Å². The minimum absolute atomic E-state index is 0.608. The summed E-state index contributed by atoms with van der Waals surface area (Å²) in [5, 5.41) is 7.16. The van der Waals surface area contributed by atoms with Crippen molar-refractivity contribution >= 4 is 17.6 Å². The van der Waals surface area contributed by atoms with E-state index in [-0.39, 0.29) is 0 Å². The lowest BCUT2D eigenvalue weighted by Crippen LogP contribution is -2.37. The van der Waals surface area contributed by atoms with Gasteiger partial charge < -0.3 is 20.1 Å². The summed E-state index contributed by atoms with van der Waals surface area (Å²) in [4.78, 5) is 4.18. The number of ether oxygens (including phenoxy) is 2. The number of methoxy groups -OCH3 is 1. The number of nitrogens with zero attached hydrogens (tertiary/aromatic N) is 1. The van der Waals surface area contributed by atoms with Crippen molar-refractivity contribution in [2.45, 2.75) is 19.9 Å². The Morgan fingerprint density at radius 2 is 2.14 bits per heavy atom. The van der Waals surface area contributed by atoms with E-state index in [0.29, 0.717) is 18.2 Å². The van der Waals surface area contributed by atoms with Crippen LogP contribution < -0.4 is 15.4 Å². The van der Waals surface area contributed by atoms with Gasteiger partial charge in [-0.25, -0.2) is 0 Å². The molecule has 2 N–H and O–H groups in total. The molecule has 1 rings (SSSR count). The molecule has 0 atom stereocenters. The summed E-state index contributed by atoms with van der Waals surface area (Å²) >= 11 is 5.99. The molecular weight excluding hydrogens is 290 g/mol. The normalized spacial score (nSPS) is 11.3. The molecule has 0 saturated carbocycles. The SMILES string of the molecule is CCOc1cc(Cl)ccc1CNC(=NC)NCCCOC. The third-order valence-electron chi connectivity index (χ3n) is 2.82. The fourth-order valence-corrected chi connectivity index (χ4v) is 1.95. The van der Waals surface area contributed by atoms with E-state index in [9.17, 15) is 0 Å². The second kappa shape index (κ2) is 10.3. The molecule has 0 aromatic heterocycles. The Bertz CT molecular complexity index is 453. The first-order chi connectivity index (χ1) is 10.2. The van der Waals surface area contributed by atoms with Crippen molar-refractivity contribution < 1.29 is 9.47 Å². The Morgan fingerprint density at radius 3 is 2.81 bits per heavy atom. The van der Waals surface area contributed by atoms with Gasteiger partial charge in [0.25, 0.3) is 0 Å². The zero-order valence-electron chi connectivity index (χ0n) is 12.9. The van der Waals surface area contributed by atoms with Crippen LogP contribution in [0, 0.1) is 0 Å². The highest BCUT2D eigenvalue weighted by Crippen LogP contribution is 2.23.